The van der Waals surface area contributed by atoms with Crippen LogP contribution in [0.4, 0.5) is 0 Å². The average molecular weight is 399 g/mol. The molecule has 2 aromatic carbocycles. The Hall–Kier alpha value is -3.19. The minimum Gasteiger partial charge on any atom is -0.465 e. The third-order valence-electron chi connectivity index (χ3n) is 4.10. The minimum absolute atomic E-state index is 0.147. The molecular formula is C22H25NO6. The third kappa shape index (κ3) is 6.15. The van der Waals surface area contributed by atoms with Crippen molar-refractivity contribution in [1.82, 2.24) is 5.32 Å². The Kier molecular flexibility index (Phi) is 7.91. The normalized spacial score (nSPS) is 10.5. The smallest absolute Gasteiger partial charge is 0.343 e. The monoisotopic (exact) mass is 399 g/mol. The summed E-state index contributed by atoms with van der Waals surface area (Å²) in [6.45, 7) is 4.20. The van der Waals surface area contributed by atoms with E-state index in [1.165, 1.54) is 31.4 Å². The fraction of sp³-hybridized carbons (Fsp3) is 0.318. The first kappa shape index (κ1) is 22.1. The van der Waals surface area contributed by atoms with E-state index in [1.54, 1.807) is 26.0 Å². The van der Waals surface area contributed by atoms with E-state index in [1.807, 2.05) is 13.1 Å². The van der Waals surface area contributed by atoms with Crippen molar-refractivity contribution in [3.05, 3.63) is 59.2 Å². The van der Waals surface area contributed by atoms with Crippen molar-refractivity contribution in [3.8, 4) is 11.5 Å². The number of benzene rings is 2. The quantitative estimate of drug-likeness (QED) is 0.539. The maximum Gasteiger partial charge on any atom is 0.343 e. The predicted octanol–water partition coefficient (Wildman–Crippen LogP) is 3.02. The van der Waals surface area contributed by atoms with Crippen LogP contribution in [0.5, 0.6) is 11.5 Å². The van der Waals surface area contributed by atoms with Gasteiger partial charge in [0.1, 0.15) is 0 Å². The van der Waals surface area contributed by atoms with Gasteiger partial charge in [-0.3, -0.25) is 4.79 Å². The maximum atomic E-state index is 12.5. The molecule has 0 aromatic heterocycles. The van der Waals surface area contributed by atoms with Gasteiger partial charge in [0.05, 0.1) is 24.2 Å². The lowest BCUT2D eigenvalue weighted by molar-refractivity contribution is -0.137. The second-order valence-electron chi connectivity index (χ2n) is 6.67. The predicted molar refractivity (Wildman–Crippen MR) is 107 cm³/mol. The number of esters is 3. The molecule has 0 amide bonds. The van der Waals surface area contributed by atoms with Crippen LogP contribution in [0.25, 0.3) is 0 Å². The first-order valence-corrected chi connectivity index (χ1v) is 9.25. The molecular weight excluding hydrogens is 374 g/mol. The van der Waals surface area contributed by atoms with Gasteiger partial charge >= 0.3 is 17.9 Å². The average Bonchev–Trinajstić information content (AvgIpc) is 2.73. The molecule has 29 heavy (non-hydrogen) atoms. The van der Waals surface area contributed by atoms with E-state index in [2.05, 4.69) is 10.1 Å². The van der Waals surface area contributed by atoms with Crippen LogP contribution in [0.3, 0.4) is 0 Å². The molecule has 7 heteroatoms. The molecule has 154 valence electrons. The lowest BCUT2D eigenvalue weighted by Crippen LogP contribution is -2.17. The summed E-state index contributed by atoms with van der Waals surface area (Å²) in [5.74, 6) is -1.54. The van der Waals surface area contributed by atoms with Crippen molar-refractivity contribution in [3.63, 3.8) is 0 Å². The Balaban J connectivity index is 2.23. The molecule has 7 nitrogen and oxygen atoms in total. The van der Waals surface area contributed by atoms with E-state index < -0.39 is 17.9 Å². The van der Waals surface area contributed by atoms with Crippen LogP contribution in [0.15, 0.2) is 42.5 Å². The first-order chi connectivity index (χ1) is 13.8. The highest BCUT2D eigenvalue weighted by Crippen LogP contribution is 2.30. The molecule has 0 heterocycles. The molecule has 0 saturated carbocycles. The zero-order chi connectivity index (χ0) is 21.4. The molecule has 0 aliphatic rings. The lowest BCUT2D eigenvalue weighted by atomic mass is 10.1. The summed E-state index contributed by atoms with van der Waals surface area (Å²) in [4.78, 5) is 36.1. The van der Waals surface area contributed by atoms with Gasteiger partial charge in [0.15, 0.2) is 11.5 Å². The molecule has 0 spiro atoms. The summed E-state index contributed by atoms with van der Waals surface area (Å²) in [5, 5.41) is 3.05. The number of hydrogen-bond donors (Lipinski definition) is 1. The van der Waals surface area contributed by atoms with Gasteiger partial charge in [0.25, 0.3) is 0 Å². The molecule has 0 bridgehead atoms. The molecule has 2 rings (SSSR count). The highest BCUT2D eigenvalue weighted by Gasteiger charge is 2.18. The number of likely N-dealkylation sites (N-methyl/N-ethyl adjacent to an activating group) is 1. The topological polar surface area (TPSA) is 90.9 Å². The minimum atomic E-state index is -0.633. The van der Waals surface area contributed by atoms with Gasteiger partial charge in [-0.1, -0.05) is 19.9 Å². The third-order valence-corrected chi connectivity index (χ3v) is 4.10. The molecule has 0 fully saturated rings. The number of ether oxygens (including phenoxy) is 3. The fourth-order valence-corrected chi connectivity index (χ4v) is 2.39. The Bertz CT molecular complexity index is 873. The highest BCUT2D eigenvalue weighted by atomic mass is 16.6. The van der Waals surface area contributed by atoms with Crippen LogP contribution in [0, 0.1) is 5.92 Å². The maximum absolute atomic E-state index is 12.5. The number of methoxy groups -OCH3 is 1. The van der Waals surface area contributed by atoms with Crippen LogP contribution in [0.1, 0.15) is 40.1 Å². The summed E-state index contributed by atoms with van der Waals surface area (Å²) in [5.41, 5.74) is 1.51. The SMILES string of the molecule is CNCCc1ccc(OC(=O)c2ccc(C(=O)OC)cc2)c(OC(=O)C(C)C)c1. The zero-order valence-electron chi connectivity index (χ0n) is 17.0. The Morgan fingerprint density at radius 1 is 0.897 bits per heavy atom. The second-order valence-corrected chi connectivity index (χ2v) is 6.67. The van der Waals surface area contributed by atoms with Gasteiger partial charge in [-0.05, 0) is 62.0 Å². The van der Waals surface area contributed by atoms with E-state index >= 15 is 0 Å². The molecule has 0 atom stereocenters. The van der Waals surface area contributed by atoms with Crippen molar-refractivity contribution >= 4 is 17.9 Å². The van der Waals surface area contributed by atoms with Crippen LogP contribution in [-0.2, 0) is 16.0 Å². The lowest BCUT2D eigenvalue weighted by Gasteiger charge is -2.13. The largest absolute Gasteiger partial charge is 0.465 e. The first-order valence-electron chi connectivity index (χ1n) is 9.25. The molecule has 0 saturated heterocycles. The number of carbonyl (C=O) groups excluding carboxylic acids is 3. The Morgan fingerprint density at radius 2 is 1.52 bits per heavy atom. The van der Waals surface area contributed by atoms with Gasteiger partial charge in [0.2, 0.25) is 0 Å². The number of rotatable bonds is 8. The van der Waals surface area contributed by atoms with E-state index in [9.17, 15) is 14.4 Å². The fourth-order valence-electron chi connectivity index (χ4n) is 2.39. The van der Waals surface area contributed by atoms with Crippen LogP contribution < -0.4 is 14.8 Å². The summed E-state index contributed by atoms with van der Waals surface area (Å²) >= 11 is 0. The summed E-state index contributed by atoms with van der Waals surface area (Å²) < 4.78 is 15.5. The van der Waals surface area contributed by atoms with Crippen molar-refractivity contribution in [1.29, 1.82) is 0 Å². The summed E-state index contributed by atoms with van der Waals surface area (Å²) in [7, 11) is 3.13. The molecule has 1 N–H and O–H groups in total. The highest BCUT2D eigenvalue weighted by molar-refractivity contribution is 5.94. The van der Waals surface area contributed by atoms with E-state index in [0.717, 1.165) is 18.5 Å². The van der Waals surface area contributed by atoms with Gasteiger partial charge in [-0.2, -0.15) is 0 Å². The number of carbonyl (C=O) groups is 3. The van der Waals surface area contributed by atoms with Gasteiger partial charge in [0, 0.05) is 0 Å². The van der Waals surface area contributed by atoms with Gasteiger partial charge < -0.3 is 19.5 Å². The summed E-state index contributed by atoms with van der Waals surface area (Å²) in [6.07, 6.45) is 0.728. The molecule has 0 aliphatic heterocycles. The van der Waals surface area contributed by atoms with Crippen molar-refractivity contribution < 1.29 is 28.6 Å². The van der Waals surface area contributed by atoms with Crippen molar-refractivity contribution in [2.45, 2.75) is 20.3 Å². The second kappa shape index (κ2) is 10.4. The molecule has 2 aromatic rings. The number of nitrogens with one attached hydrogen (secondary N) is 1. The standard InChI is InChI=1S/C22H25NO6/c1-14(2)20(24)29-19-13-15(11-12-23-3)5-10-18(19)28-22(26)17-8-6-16(7-9-17)21(25)27-4/h5-10,13-14,23H,11-12H2,1-4H3. The number of hydrogen-bond acceptors (Lipinski definition) is 7. The van der Waals surface area contributed by atoms with Crippen molar-refractivity contribution in [2.75, 3.05) is 20.7 Å². The van der Waals surface area contributed by atoms with E-state index in [-0.39, 0.29) is 23.0 Å². The van der Waals surface area contributed by atoms with E-state index in [0.29, 0.717) is 5.56 Å². The van der Waals surface area contributed by atoms with Crippen molar-refractivity contribution in [2.24, 2.45) is 5.92 Å². The van der Waals surface area contributed by atoms with Gasteiger partial charge in [-0.25, -0.2) is 9.59 Å². The molecule has 0 unspecified atom stereocenters. The van der Waals surface area contributed by atoms with Crippen LogP contribution >= 0.6 is 0 Å². The molecule has 0 radical (unpaired) electrons. The van der Waals surface area contributed by atoms with E-state index in [4.69, 9.17) is 9.47 Å². The van der Waals surface area contributed by atoms with Crippen LogP contribution in [-0.4, -0.2) is 38.6 Å². The van der Waals surface area contributed by atoms with Crippen LogP contribution in [0.2, 0.25) is 0 Å². The van der Waals surface area contributed by atoms with Gasteiger partial charge in [-0.15, -0.1) is 0 Å². The zero-order valence-corrected chi connectivity index (χ0v) is 17.0. The summed E-state index contributed by atoms with van der Waals surface area (Å²) in [6, 6.07) is 11.0. The Morgan fingerprint density at radius 3 is 2.07 bits per heavy atom. The Labute approximate surface area is 170 Å². The molecule has 0 aliphatic carbocycles.